The van der Waals surface area contributed by atoms with Crippen molar-refractivity contribution >= 4 is 16.8 Å². The van der Waals surface area contributed by atoms with Gasteiger partial charge in [-0.15, -0.1) is 0 Å². The van der Waals surface area contributed by atoms with E-state index in [0.717, 1.165) is 36.0 Å². The maximum absolute atomic E-state index is 13.7. The molecular formula is C25H34N2O5S. The van der Waals surface area contributed by atoms with Crippen molar-refractivity contribution in [2.75, 3.05) is 19.4 Å². The molecule has 0 saturated heterocycles. The number of unbranched alkanes of at least 4 members (excludes halogenated alkanes) is 1. The molecule has 0 saturated carbocycles. The number of nitrogens with zero attached hydrogens (tertiary/aromatic N) is 1. The Hall–Kier alpha value is -2.26. The quantitative estimate of drug-likeness (QED) is 0.477. The maximum atomic E-state index is 13.7. The molecule has 3 N–H and O–H groups in total. The van der Waals surface area contributed by atoms with Crippen LogP contribution >= 0.6 is 0 Å². The summed E-state index contributed by atoms with van der Waals surface area (Å²) in [5.74, 6) is -0.0588. The van der Waals surface area contributed by atoms with E-state index in [4.69, 9.17) is 9.84 Å². The molecule has 7 nitrogen and oxygen atoms in total. The van der Waals surface area contributed by atoms with Crippen LogP contribution in [0.15, 0.2) is 47.4 Å². The first-order valence-corrected chi connectivity index (χ1v) is 12.7. The van der Waals surface area contributed by atoms with E-state index >= 15 is 0 Å². The minimum Gasteiger partial charge on any atom is -0.496 e. The number of carbonyl (C=O) groups is 1. The van der Waals surface area contributed by atoms with Crippen LogP contribution in [-0.4, -0.2) is 50.5 Å². The number of nitrogens with one attached hydrogen (secondary N) is 1. The second kappa shape index (κ2) is 11.2. The minimum absolute atomic E-state index is 0.184. The van der Waals surface area contributed by atoms with Crippen LogP contribution in [0.4, 0.5) is 0 Å². The highest BCUT2D eigenvalue weighted by molar-refractivity contribution is 7.85. The van der Waals surface area contributed by atoms with Crippen LogP contribution in [0.2, 0.25) is 0 Å². The molecule has 0 fully saturated rings. The van der Waals surface area contributed by atoms with Gasteiger partial charge in [-0.3, -0.25) is 9.00 Å². The maximum Gasteiger partial charge on any atom is 0.317 e. The van der Waals surface area contributed by atoms with Crippen molar-refractivity contribution in [2.24, 2.45) is 0 Å². The van der Waals surface area contributed by atoms with Crippen LogP contribution in [0.1, 0.15) is 62.3 Å². The summed E-state index contributed by atoms with van der Waals surface area (Å²) < 4.78 is 19.3. The van der Waals surface area contributed by atoms with Crippen LogP contribution < -0.4 is 10.1 Å². The third-order valence-corrected chi connectivity index (χ3v) is 8.09. The highest BCUT2D eigenvalue weighted by Gasteiger charge is 2.45. The SMILES string of the molecule is CCCC[C@]1(CC)CS(=O)c2cc(CNCC(=O)O)c(OC)cc2[C@@H](c2ccccc2)N1O. The zero-order valence-electron chi connectivity index (χ0n) is 19.5. The fourth-order valence-electron chi connectivity index (χ4n) is 4.54. The van der Waals surface area contributed by atoms with Crippen molar-refractivity contribution in [1.82, 2.24) is 10.4 Å². The smallest absolute Gasteiger partial charge is 0.317 e. The zero-order valence-corrected chi connectivity index (χ0v) is 20.4. The fraction of sp³-hybridized carbons (Fsp3) is 0.480. The van der Waals surface area contributed by atoms with Crippen LogP contribution in [-0.2, 0) is 22.1 Å². The van der Waals surface area contributed by atoms with Crippen molar-refractivity contribution in [3.63, 3.8) is 0 Å². The Morgan fingerprint density at radius 2 is 2.00 bits per heavy atom. The number of fused-ring (bicyclic) bond motifs is 1. The number of aliphatic carboxylic acids is 1. The van der Waals surface area contributed by atoms with Gasteiger partial charge in [-0.25, -0.2) is 0 Å². The molecule has 0 radical (unpaired) electrons. The lowest BCUT2D eigenvalue weighted by atomic mass is 9.87. The molecule has 0 bridgehead atoms. The molecule has 0 amide bonds. The first-order chi connectivity index (χ1) is 15.9. The van der Waals surface area contributed by atoms with Crippen molar-refractivity contribution in [2.45, 2.75) is 62.6 Å². The number of benzene rings is 2. The van der Waals surface area contributed by atoms with Crippen molar-refractivity contribution in [3.8, 4) is 5.75 Å². The molecular weight excluding hydrogens is 440 g/mol. The lowest BCUT2D eigenvalue weighted by Gasteiger charge is -2.42. The van der Waals surface area contributed by atoms with Gasteiger partial charge in [-0.05, 0) is 36.1 Å². The summed E-state index contributed by atoms with van der Waals surface area (Å²) in [4.78, 5) is 11.6. The summed E-state index contributed by atoms with van der Waals surface area (Å²) in [6, 6.07) is 12.9. The molecule has 2 aromatic carbocycles. The molecule has 2 aromatic rings. The summed E-state index contributed by atoms with van der Waals surface area (Å²) in [5.41, 5.74) is 1.76. The molecule has 8 heteroatoms. The Labute approximate surface area is 198 Å². The molecule has 33 heavy (non-hydrogen) atoms. The molecule has 0 spiro atoms. The molecule has 180 valence electrons. The molecule has 3 atom stereocenters. The second-order valence-electron chi connectivity index (χ2n) is 8.53. The third-order valence-electron chi connectivity index (χ3n) is 6.44. The van der Waals surface area contributed by atoms with E-state index in [9.17, 15) is 14.2 Å². The fourth-order valence-corrected chi connectivity index (χ4v) is 6.38. The molecule has 0 aromatic heterocycles. The number of carboxylic acids is 1. The third kappa shape index (κ3) is 5.46. The number of hydroxylamine groups is 2. The Balaban J connectivity index is 2.17. The summed E-state index contributed by atoms with van der Waals surface area (Å²) >= 11 is 0. The van der Waals surface area contributed by atoms with E-state index in [0.29, 0.717) is 22.8 Å². The lowest BCUT2D eigenvalue weighted by Crippen LogP contribution is -2.50. The average Bonchev–Trinajstić information content (AvgIpc) is 2.90. The summed E-state index contributed by atoms with van der Waals surface area (Å²) in [6.07, 6.45) is 3.31. The monoisotopic (exact) mass is 474 g/mol. The van der Waals surface area contributed by atoms with Gasteiger partial charge < -0.3 is 20.4 Å². The molecule has 3 rings (SSSR count). The Morgan fingerprint density at radius 1 is 1.27 bits per heavy atom. The van der Waals surface area contributed by atoms with Gasteiger partial charge in [0.25, 0.3) is 0 Å². The molecule has 1 aliphatic rings. The van der Waals surface area contributed by atoms with Gasteiger partial charge in [0.2, 0.25) is 0 Å². The van der Waals surface area contributed by atoms with Crippen molar-refractivity contribution < 1.29 is 24.1 Å². The van der Waals surface area contributed by atoms with E-state index in [1.807, 2.05) is 49.4 Å². The first-order valence-electron chi connectivity index (χ1n) is 11.4. The van der Waals surface area contributed by atoms with Crippen molar-refractivity contribution in [1.29, 1.82) is 0 Å². The van der Waals surface area contributed by atoms with Crippen molar-refractivity contribution in [3.05, 3.63) is 59.2 Å². The first kappa shape index (κ1) is 25.4. The Morgan fingerprint density at radius 3 is 2.61 bits per heavy atom. The molecule has 0 aliphatic carbocycles. The number of rotatable bonds is 10. The summed E-state index contributed by atoms with van der Waals surface area (Å²) in [7, 11) is 0.201. The topological polar surface area (TPSA) is 99.1 Å². The van der Waals surface area contributed by atoms with Crippen LogP contribution in [0, 0.1) is 0 Å². The number of ether oxygens (including phenoxy) is 1. The second-order valence-corrected chi connectivity index (χ2v) is 9.95. The lowest BCUT2D eigenvalue weighted by molar-refractivity contribution is -0.193. The largest absolute Gasteiger partial charge is 0.496 e. The van der Waals surface area contributed by atoms with Gasteiger partial charge in [-0.2, -0.15) is 5.06 Å². The van der Waals surface area contributed by atoms with Gasteiger partial charge in [-0.1, -0.05) is 57.0 Å². The van der Waals surface area contributed by atoms with Crippen LogP contribution in [0.25, 0.3) is 0 Å². The number of hydrogen-bond acceptors (Lipinski definition) is 6. The molecule has 1 unspecified atom stereocenters. The van der Waals surface area contributed by atoms with E-state index in [1.165, 1.54) is 5.06 Å². The molecule has 1 heterocycles. The zero-order chi connectivity index (χ0) is 24.0. The predicted molar refractivity (Wildman–Crippen MR) is 128 cm³/mol. The molecule has 1 aliphatic heterocycles. The van der Waals surface area contributed by atoms with Crippen LogP contribution in [0.3, 0.4) is 0 Å². The standard InChI is InChI=1S/C25H34N2O5S/c1-4-6-12-25(5-2)17-33(31)22-13-19(15-26-16-23(28)29)21(32-3)14-20(22)24(27(25)30)18-10-8-7-9-11-18/h7-11,13-14,24,26,30H,4-6,12,15-17H2,1-3H3,(H,28,29)/t24-,25-,33?/m1/s1. The summed E-state index contributed by atoms with van der Waals surface area (Å²) in [5, 5.41) is 25.0. The van der Waals surface area contributed by atoms with Gasteiger partial charge >= 0.3 is 5.97 Å². The Bertz CT molecular complexity index is 984. The highest BCUT2D eigenvalue weighted by atomic mass is 32.2. The van der Waals surface area contributed by atoms with Crippen LogP contribution in [0.5, 0.6) is 5.75 Å². The highest BCUT2D eigenvalue weighted by Crippen LogP contribution is 2.44. The van der Waals surface area contributed by atoms with E-state index in [2.05, 4.69) is 12.2 Å². The number of methoxy groups -OCH3 is 1. The van der Waals surface area contributed by atoms with Gasteiger partial charge in [0.05, 0.1) is 36.0 Å². The summed E-state index contributed by atoms with van der Waals surface area (Å²) in [6.45, 7) is 4.24. The predicted octanol–water partition coefficient (Wildman–Crippen LogP) is 4.11. The van der Waals surface area contributed by atoms with E-state index in [1.54, 1.807) is 7.11 Å². The minimum atomic E-state index is -1.36. The number of carboxylic acid groups (broad SMARTS) is 1. The van der Waals surface area contributed by atoms with E-state index in [-0.39, 0.29) is 13.1 Å². The van der Waals surface area contributed by atoms with Gasteiger partial charge in [0.15, 0.2) is 0 Å². The van der Waals surface area contributed by atoms with E-state index < -0.39 is 28.3 Å². The average molecular weight is 475 g/mol. The van der Waals surface area contributed by atoms with Gasteiger partial charge in [0, 0.05) is 22.8 Å². The normalized spacial score (nSPS) is 23.0. The number of hydrogen-bond donors (Lipinski definition) is 3. The Kier molecular flexibility index (Phi) is 8.64. The van der Waals surface area contributed by atoms with Gasteiger partial charge in [0.1, 0.15) is 5.75 Å².